The summed E-state index contributed by atoms with van der Waals surface area (Å²) in [6.07, 6.45) is 0. The zero-order valence-electron chi connectivity index (χ0n) is 16.8. The van der Waals surface area contributed by atoms with Crippen molar-refractivity contribution in [2.75, 3.05) is 7.11 Å². The lowest BCUT2D eigenvalue weighted by molar-refractivity contribution is -0.0512. The summed E-state index contributed by atoms with van der Waals surface area (Å²) in [7, 11) is -2.25. The third kappa shape index (κ3) is 6.96. The number of alkyl halides is 2. The standard InChI is InChI=1S/C20H24F2N2O5S/c1-13(2)24-30(26,27)12-16-7-5-4-6-15(16)11-23-19(25)14-8-9-17(29-20(21)22)18(10-14)28-3/h4-10,13,20,24H,11-12H2,1-3H3,(H,23,25). The fourth-order valence-electron chi connectivity index (χ4n) is 2.76. The molecule has 2 aromatic carbocycles. The van der Waals surface area contributed by atoms with Gasteiger partial charge in [0.15, 0.2) is 11.5 Å². The summed E-state index contributed by atoms with van der Waals surface area (Å²) in [5.74, 6) is -0.883. The fourth-order valence-corrected chi connectivity index (χ4v) is 4.25. The molecule has 2 N–H and O–H groups in total. The lowest BCUT2D eigenvalue weighted by atomic mass is 10.1. The number of benzene rings is 2. The van der Waals surface area contributed by atoms with E-state index < -0.39 is 22.5 Å². The normalized spacial score (nSPS) is 11.6. The number of ether oxygens (including phenoxy) is 2. The minimum Gasteiger partial charge on any atom is -0.493 e. The number of amides is 1. The first kappa shape index (κ1) is 23.6. The summed E-state index contributed by atoms with van der Waals surface area (Å²) in [5.41, 5.74) is 1.38. The first-order chi connectivity index (χ1) is 14.1. The van der Waals surface area contributed by atoms with Gasteiger partial charge in [-0.05, 0) is 43.2 Å². The largest absolute Gasteiger partial charge is 0.493 e. The van der Waals surface area contributed by atoms with Crippen molar-refractivity contribution >= 4 is 15.9 Å². The number of carbonyl (C=O) groups excluding carboxylic acids is 1. The molecule has 10 heteroatoms. The van der Waals surface area contributed by atoms with Crippen LogP contribution in [0.4, 0.5) is 8.78 Å². The van der Waals surface area contributed by atoms with Crippen LogP contribution in [0.25, 0.3) is 0 Å². The number of rotatable bonds is 10. The number of hydrogen-bond acceptors (Lipinski definition) is 5. The summed E-state index contributed by atoms with van der Waals surface area (Å²) >= 11 is 0. The number of halogens is 2. The van der Waals surface area contributed by atoms with E-state index in [2.05, 4.69) is 14.8 Å². The van der Waals surface area contributed by atoms with Crippen LogP contribution in [0.15, 0.2) is 42.5 Å². The Morgan fingerprint density at radius 2 is 1.73 bits per heavy atom. The van der Waals surface area contributed by atoms with Crippen molar-refractivity contribution < 1.29 is 31.5 Å². The molecule has 0 saturated heterocycles. The summed E-state index contributed by atoms with van der Waals surface area (Å²) < 4.78 is 61.2. The molecule has 0 radical (unpaired) electrons. The molecule has 0 aromatic heterocycles. The average molecular weight is 442 g/mol. The molecular weight excluding hydrogens is 418 g/mol. The molecular formula is C20H24F2N2O5S. The molecule has 0 fully saturated rings. The van der Waals surface area contributed by atoms with Crippen molar-refractivity contribution in [3.05, 3.63) is 59.2 Å². The van der Waals surface area contributed by atoms with Gasteiger partial charge in [-0.3, -0.25) is 4.79 Å². The van der Waals surface area contributed by atoms with Crippen LogP contribution < -0.4 is 19.5 Å². The maximum Gasteiger partial charge on any atom is 0.387 e. The second-order valence-electron chi connectivity index (χ2n) is 6.73. The average Bonchev–Trinajstić information content (AvgIpc) is 2.65. The highest BCUT2D eigenvalue weighted by molar-refractivity contribution is 7.88. The van der Waals surface area contributed by atoms with Gasteiger partial charge in [-0.2, -0.15) is 8.78 Å². The van der Waals surface area contributed by atoms with Gasteiger partial charge in [0.25, 0.3) is 5.91 Å². The van der Waals surface area contributed by atoms with Gasteiger partial charge in [0.05, 0.1) is 12.9 Å². The monoisotopic (exact) mass is 442 g/mol. The Bertz CT molecular complexity index is 981. The molecule has 0 aliphatic carbocycles. The molecule has 0 spiro atoms. The lowest BCUT2D eigenvalue weighted by Gasteiger charge is -2.14. The zero-order chi connectivity index (χ0) is 22.3. The van der Waals surface area contributed by atoms with Crippen molar-refractivity contribution in [2.24, 2.45) is 0 Å². The zero-order valence-corrected chi connectivity index (χ0v) is 17.6. The van der Waals surface area contributed by atoms with Crippen molar-refractivity contribution in [3.8, 4) is 11.5 Å². The van der Waals surface area contributed by atoms with Gasteiger partial charge in [0.1, 0.15) is 0 Å². The second kappa shape index (κ2) is 10.4. The maximum atomic E-state index is 12.5. The molecule has 2 rings (SSSR count). The Morgan fingerprint density at radius 1 is 1.07 bits per heavy atom. The molecule has 1 amide bonds. The molecule has 0 heterocycles. The summed E-state index contributed by atoms with van der Waals surface area (Å²) in [5, 5.41) is 2.70. The van der Waals surface area contributed by atoms with Crippen LogP contribution in [0, 0.1) is 0 Å². The Balaban J connectivity index is 2.12. The SMILES string of the molecule is COc1cc(C(=O)NCc2ccccc2CS(=O)(=O)NC(C)C)ccc1OC(F)F. The molecule has 0 aliphatic rings. The second-order valence-corrected chi connectivity index (χ2v) is 8.48. The van der Waals surface area contributed by atoms with Gasteiger partial charge in [-0.25, -0.2) is 13.1 Å². The predicted octanol–water partition coefficient (Wildman–Crippen LogP) is 3.05. The molecule has 0 unspecified atom stereocenters. The van der Waals surface area contributed by atoms with Gasteiger partial charge >= 0.3 is 6.61 Å². The van der Waals surface area contributed by atoms with Crippen LogP contribution in [0.1, 0.15) is 35.3 Å². The van der Waals surface area contributed by atoms with Crippen LogP contribution in [-0.4, -0.2) is 34.1 Å². The van der Waals surface area contributed by atoms with E-state index in [0.29, 0.717) is 11.1 Å². The predicted molar refractivity (Wildman–Crippen MR) is 108 cm³/mol. The summed E-state index contributed by atoms with van der Waals surface area (Å²) in [6.45, 7) is 0.533. The minimum absolute atomic E-state index is 0.00537. The smallest absolute Gasteiger partial charge is 0.387 e. The van der Waals surface area contributed by atoms with Crippen molar-refractivity contribution in [2.45, 2.75) is 38.8 Å². The van der Waals surface area contributed by atoms with Crippen LogP contribution in [-0.2, 0) is 22.3 Å². The number of nitrogens with one attached hydrogen (secondary N) is 2. The van der Waals surface area contributed by atoms with Crippen molar-refractivity contribution in [1.82, 2.24) is 10.0 Å². The third-order valence-corrected chi connectivity index (χ3v) is 5.48. The number of methoxy groups -OCH3 is 1. The Kier molecular flexibility index (Phi) is 8.13. The first-order valence-electron chi connectivity index (χ1n) is 9.09. The van der Waals surface area contributed by atoms with E-state index in [4.69, 9.17) is 4.74 Å². The van der Waals surface area contributed by atoms with Crippen LogP contribution in [0.2, 0.25) is 0 Å². The minimum atomic E-state index is -3.53. The van der Waals surface area contributed by atoms with Gasteiger partial charge in [-0.1, -0.05) is 24.3 Å². The highest BCUT2D eigenvalue weighted by atomic mass is 32.2. The van der Waals surface area contributed by atoms with Crippen molar-refractivity contribution in [1.29, 1.82) is 0 Å². The van der Waals surface area contributed by atoms with E-state index >= 15 is 0 Å². The Hall–Kier alpha value is -2.72. The van der Waals surface area contributed by atoms with E-state index in [1.807, 2.05) is 0 Å². The quantitative estimate of drug-likeness (QED) is 0.590. The van der Waals surface area contributed by atoms with E-state index in [9.17, 15) is 22.0 Å². The van der Waals surface area contributed by atoms with E-state index in [-0.39, 0.29) is 35.4 Å². The molecule has 0 atom stereocenters. The Labute approximate surface area is 174 Å². The maximum absolute atomic E-state index is 12.5. The molecule has 30 heavy (non-hydrogen) atoms. The van der Waals surface area contributed by atoms with Crippen molar-refractivity contribution in [3.63, 3.8) is 0 Å². The molecule has 0 aliphatic heterocycles. The van der Waals surface area contributed by atoms with E-state index in [1.165, 1.54) is 25.3 Å². The van der Waals surface area contributed by atoms with E-state index in [0.717, 1.165) is 0 Å². The topological polar surface area (TPSA) is 93.7 Å². The van der Waals surface area contributed by atoms with E-state index in [1.54, 1.807) is 38.1 Å². The third-order valence-electron chi connectivity index (χ3n) is 3.96. The number of carbonyl (C=O) groups is 1. The van der Waals surface area contributed by atoms with Crippen LogP contribution in [0.5, 0.6) is 11.5 Å². The highest BCUT2D eigenvalue weighted by Gasteiger charge is 2.17. The highest BCUT2D eigenvalue weighted by Crippen LogP contribution is 2.29. The van der Waals surface area contributed by atoms with Crippen LogP contribution >= 0.6 is 0 Å². The van der Waals surface area contributed by atoms with Gasteiger partial charge in [0, 0.05) is 18.2 Å². The lowest BCUT2D eigenvalue weighted by Crippen LogP contribution is -2.32. The summed E-state index contributed by atoms with van der Waals surface area (Å²) in [4.78, 5) is 12.5. The molecule has 0 bridgehead atoms. The molecule has 0 saturated carbocycles. The number of hydrogen-bond donors (Lipinski definition) is 2. The molecule has 7 nitrogen and oxygen atoms in total. The van der Waals surface area contributed by atoms with Gasteiger partial charge < -0.3 is 14.8 Å². The summed E-state index contributed by atoms with van der Waals surface area (Å²) in [6, 6.07) is 10.5. The van der Waals surface area contributed by atoms with Gasteiger partial charge in [-0.15, -0.1) is 0 Å². The number of sulfonamides is 1. The molecule has 164 valence electrons. The molecule has 2 aromatic rings. The fraction of sp³-hybridized carbons (Fsp3) is 0.350. The van der Waals surface area contributed by atoms with Gasteiger partial charge in [0.2, 0.25) is 10.0 Å². The van der Waals surface area contributed by atoms with Crippen LogP contribution in [0.3, 0.4) is 0 Å². The Morgan fingerprint density at radius 3 is 2.33 bits per heavy atom. The first-order valence-corrected chi connectivity index (χ1v) is 10.7.